The highest BCUT2D eigenvalue weighted by Gasteiger charge is 1.99. The summed E-state index contributed by atoms with van der Waals surface area (Å²) in [6, 6.07) is 6.93. The fourth-order valence-corrected chi connectivity index (χ4v) is 1.34. The number of nitrogens with one attached hydrogen (secondary N) is 1. The second-order valence-corrected chi connectivity index (χ2v) is 3.34. The molecular formula is C11H16FN. The smallest absolute Gasteiger partial charge is 0.123 e. The summed E-state index contributed by atoms with van der Waals surface area (Å²) in [7, 11) is 0. The van der Waals surface area contributed by atoms with E-state index in [4.69, 9.17) is 0 Å². The van der Waals surface area contributed by atoms with Gasteiger partial charge in [0.25, 0.3) is 0 Å². The summed E-state index contributed by atoms with van der Waals surface area (Å²) in [5.41, 5.74) is 0.988. The van der Waals surface area contributed by atoms with Gasteiger partial charge in [0.05, 0.1) is 0 Å². The average molecular weight is 181 g/mol. The second-order valence-electron chi connectivity index (χ2n) is 3.34. The quantitative estimate of drug-likeness (QED) is 0.750. The van der Waals surface area contributed by atoms with Crippen LogP contribution in [0, 0.1) is 5.82 Å². The third-order valence-corrected chi connectivity index (χ3v) is 1.98. The van der Waals surface area contributed by atoms with Gasteiger partial charge in [0.15, 0.2) is 0 Å². The van der Waals surface area contributed by atoms with Crippen molar-refractivity contribution in [2.45, 2.75) is 32.7 Å². The molecular weight excluding hydrogens is 165 g/mol. The van der Waals surface area contributed by atoms with Crippen molar-refractivity contribution < 1.29 is 4.39 Å². The normalized spacial score (nSPS) is 12.5. The molecule has 0 fully saturated rings. The fraction of sp³-hybridized carbons (Fsp3) is 0.455. The molecule has 0 bridgehead atoms. The van der Waals surface area contributed by atoms with Crippen molar-refractivity contribution in [1.82, 2.24) is 0 Å². The predicted molar refractivity (Wildman–Crippen MR) is 54.4 cm³/mol. The Kier molecular flexibility index (Phi) is 3.74. The minimum atomic E-state index is -0.186. The zero-order valence-electron chi connectivity index (χ0n) is 8.18. The van der Waals surface area contributed by atoms with Gasteiger partial charge in [0, 0.05) is 11.7 Å². The largest absolute Gasteiger partial charge is 0.383 e. The molecule has 0 saturated carbocycles. The monoisotopic (exact) mass is 181 g/mol. The molecule has 0 amide bonds. The lowest BCUT2D eigenvalue weighted by Crippen LogP contribution is -2.14. The first-order valence-corrected chi connectivity index (χ1v) is 4.74. The number of halogens is 1. The van der Waals surface area contributed by atoms with Crippen LogP contribution in [0.2, 0.25) is 0 Å². The van der Waals surface area contributed by atoms with Gasteiger partial charge in [-0.2, -0.15) is 0 Å². The van der Waals surface area contributed by atoms with Gasteiger partial charge in [-0.1, -0.05) is 13.3 Å². The van der Waals surface area contributed by atoms with Crippen molar-refractivity contribution >= 4 is 5.69 Å². The molecule has 0 aromatic heterocycles. The Balaban J connectivity index is 2.49. The predicted octanol–water partition coefficient (Wildman–Crippen LogP) is 3.43. The Hall–Kier alpha value is -1.05. The Morgan fingerprint density at radius 1 is 1.31 bits per heavy atom. The Morgan fingerprint density at radius 2 is 1.92 bits per heavy atom. The zero-order valence-corrected chi connectivity index (χ0v) is 8.18. The van der Waals surface area contributed by atoms with Crippen LogP contribution in [0.1, 0.15) is 26.7 Å². The molecule has 1 rings (SSSR count). The SMILES string of the molecule is CCC[C@H](C)Nc1ccc(F)cc1. The van der Waals surface area contributed by atoms with Crippen LogP contribution in [0.25, 0.3) is 0 Å². The highest BCUT2D eigenvalue weighted by Crippen LogP contribution is 2.11. The molecule has 0 aliphatic heterocycles. The van der Waals surface area contributed by atoms with Crippen LogP contribution >= 0.6 is 0 Å². The van der Waals surface area contributed by atoms with E-state index in [0.29, 0.717) is 6.04 Å². The van der Waals surface area contributed by atoms with E-state index in [2.05, 4.69) is 19.2 Å². The van der Waals surface area contributed by atoms with Crippen molar-refractivity contribution in [3.05, 3.63) is 30.1 Å². The van der Waals surface area contributed by atoms with Gasteiger partial charge in [-0.3, -0.25) is 0 Å². The van der Waals surface area contributed by atoms with Gasteiger partial charge < -0.3 is 5.32 Å². The summed E-state index contributed by atoms with van der Waals surface area (Å²) < 4.78 is 12.5. The van der Waals surface area contributed by atoms with Crippen molar-refractivity contribution in [3.63, 3.8) is 0 Å². The van der Waals surface area contributed by atoms with E-state index < -0.39 is 0 Å². The summed E-state index contributed by atoms with van der Waals surface area (Å²) in [5.74, 6) is -0.186. The van der Waals surface area contributed by atoms with Crippen LogP contribution in [0.4, 0.5) is 10.1 Å². The van der Waals surface area contributed by atoms with E-state index in [-0.39, 0.29) is 5.82 Å². The molecule has 0 unspecified atom stereocenters. The highest BCUT2D eigenvalue weighted by atomic mass is 19.1. The van der Waals surface area contributed by atoms with Crippen LogP contribution in [0.5, 0.6) is 0 Å². The first-order valence-electron chi connectivity index (χ1n) is 4.74. The van der Waals surface area contributed by atoms with Gasteiger partial charge >= 0.3 is 0 Å². The summed E-state index contributed by atoms with van der Waals surface area (Å²) in [4.78, 5) is 0. The Labute approximate surface area is 79.0 Å². The molecule has 1 nitrogen and oxygen atoms in total. The molecule has 1 aromatic carbocycles. The standard InChI is InChI=1S/C11H16FN/c1-3-4-9(2)13-11-7-5-10(12)6-8-11/h5-9,13H,3-4H2,1-2H3/t9-/m0/s1. The number of benzene rings is 1. The number of hydrogen-bond donors (Lipinski definition) is 1. The first kappa shape index (κ1) is 10.0. The average Bonchev–Trinajstić information content (AvgIpc) is 2.09. The highest BCUT2D eigenvalue weighted by molar-refractivity contribution is 5.43. The molecule has 0 saturated heterocycles. The van der Waals surface area contributed by atoms with Crippen LogP contribution < -0.4 is 5.32 Å². The van der Waals surface area contributed by atoms with Crippen LogP contribution in [-0.2, 0) is 0 Å². The molecule has 1 atom stereocenters. The maximum absolute atomic E-state index is 12.5. The van der Waals surface area contributed by atoms with Crippen LogP contribution in [0.15, 0.2) is 24.3 Å². The number of anilines is 1. The van der Waals surface area contributed by atoms with Crippen LogP contribution in [-0.4, -0.2) is 6.04 Å². The van der Waals surface area contributed by atoms with Crippen molar-refractivity contribution in [3.8, 4) is 0 Å². The maximum Gasteiger partial charge on any atom is 0.123 e. The molecule has 0 spiro atoms. The van der Waals surface area contributed by atoms with E-state index in [0.717, 1.165) is 18.5 Å². The zero-order chi connectivity index (χ0) is 9.68. The van der Waals surface area contributed by atoms with E-state index in [1.54, 1.807) is 12.1 Å². The topological polar surface area (TPSA) is 12.0 Å². The second kappa shape index (κ2) is 4.85. The van der Waals surface area contributed by atoms with Crippen LogP contribution in [0.3, 0.4) is 0 Å². The molecule has 72 valence electrons. The van der Waals surface area contributed by atoms with Gasteiger partial charge in [0.1, 0.15) is 5.82 Å². The molecule has 0 aliphatic carbocycles. The molecule has 13 heavy (non-hydrogen) atoms. The van der Waals surface area contributed by atoms with E-state index in [1.165, 1.54) is 12.1 Å². The van der Waals surface area contributed by atoms with Gasteiger partial charge in [0.2, 0.25) is 0 Å². The summed E-state index contributed by atoms with van der Waals surface area (Å²) in [6.45, 7) is 4.29. The maximum atomic E-state index is 12.5. The van der Waals surface area contributed by atoms with Crippen molar-refractivity contribution in [2.75, 3.05) is 5.32 Å². The first-order chi connectivity index (χ1) is 6.22. The Bertz CT molecular complexity index is 243. The van der Waals surface area contributed by atoms with Gasteiger partial charge in [-0.05, 0) is 37.6 Å². The van der Waals surface area contributed by atoms with Gasteiger partial charge in [-0.25, -0.2) is 4.39 Å². The molecule has 1 N–H and O–H groups in total. The summed E-state index contributed by atoms with van der Waals surface area (Å²) in [6.07, 6.45) is 2.30. The number of hydrogen-bond acceptors (Lipinski definition) is 1. The molecule has 0 heterocycles. The fourth-order valence-electron chi connectivity index (χ4n) is 1.34. The van der Waals surface area contributed by atoms with Crippen molar-refractivity contribution in [2.24, 2.45) is 0 Å². The summed E-state index contributed by atoms with van der Waals surface area (Å²) >= 11 is 0. The lowest BCUT2D eigenvalue weighted by Gasteiger charge is -2.13. The van der Waals surface area contributed by atoms with E-state index in [1.807, 2.05) is 0 Å². The minimum Gasteiger partial charge on any atom is -0.383 e. The lowest BCUT2D eigenvalue weighted by molar-refractivity contribution is 0.627. The molecule has 2 heteroatoms. The van der Waals surface area contributed by atoms with Gasteiger partial charge in [-0.15, -0.1) is 0 Å². The third kappa shape index (κ3) is 3.45. The third-order valence-electron chi connectivity index (χ3n) is 1.98. The van der Waals surface area contributed by atoms with E-state index in [9.17, 15) is 4.39 Å². The van der Waals surface area contributed by atoms with E-state index >= 15 is 0 Å². The Morgan fingerprint density at radius 3 is 2.46 bits per heavy atom. The minimum absolute atomic E-state index is 0.186. The molecule has 0 aliphatic rings. The number of rotatable bonds is 4. The lowest BCUT2D eigenvalue weighted by atomic mass is 10.2. The molecule has 0 radical (unpaired) electrons. The van der Waals surface area contributed by atoms with Crippen molar-refractivity contribution in [1.29, 1.82) is 0 Å². The molecule has 1 aromatic rings. The summed E-state index contributed by atoms with van der Waals surface area (Å²) in [5, 5.41) is 3.30.